The molecule has 1 aliphatic heterocycles. The van der Waals surface area contributed by atoms with Gasteiger partial charge in [0, 0.05) is 18.3 Å². The van der Waals surface area contributed by atoms with E-state index in [-0.39, 0.29) is 12.5 Å². The molecule has 1 aliphatic rings. The van der Waals surface area contributed by atoms with Crippen LogP contribution in [-0.4, -0.2) is 43.7 Å². The van der Waals surface area contributed by atoms with E-state index in [1.54, 1.807) is 23.1 Å². The van der Waals surface area contributed by atoms with Gasteiger partial charge in [-0.2, -0.15) is 5.26 Å². The lowest BCUT2D eigenvalue weighted by Gasteiger charge is -2.30. The number of morpholine rings is 1. The number of rotatable bonds is 2. The van der Waals surface area contributed by atoms with Crippen LogP contribution in [0.1, 0.15) is 10.4 Å². The normalized spacial score (nSPS) is 18.7. The number of amides is 1. The molecule has 1 aromatic rings. The van der Waals surface area contributed by atoms with Crippen molar-refractivity contribution in [2.45, 2.75) is 6.10 Å². The Bertz CT molecular complexity index is 524. The molecule has 0 saturated carbocycles. The summed E-state index contributed by atoms with van der Waals surface area (Å²) in [6.07, 6.45) is -0.572. The average Bonchev–Trinajstić information content (AvgIpc) is 2.46. The summed E-state index contributed by atoms with van der Waals surface area (Å²) in [5, 5.41) is 8.83. The van der Waals surface area contributed by atoms with Gasteiger partial charge in [0.15, 0.2) is 6.10 Å². The first-order valence-electron chi connectivity index (χ1n) is 5.89. The van der Waals surface area contributed by atoms with Crippen molar-refractivity contribution in [3.63, 3.8) is 0 Å². The zero-order valence-corrected chi connectivity index (χ0v) is 10.6. The highest BCUT2D eigenvalue weighted by molar-refractivity contribution is 5.99. The van der Waals surface area contributed by atoms with Crippen LogP contribution in [0.2, 0.25) is 0 Å². The number of hydrogen-bond donors (Lipinski definition) is 1. The standard InChI is InChI=1S/C13H15N3O3/c1-18-9-2-3-11(12(15)6-9)13(17)16-4-5-19-10(7-14)8-16/h2-3,6,10H,4-5,8,15H2,1H3. The third-order valence-electron chi connectivity index (χ3n) is 2.99. The van der Waals surface area contributed by atoms with Crippen LogP contribution in [0.25, 0.3) is 0 Å². The van der Waals surface area contributed by atoms with Crippen molar-refractivity contribution < 1.29 is 14.3 Å². The first-order valence-corrected chi connectivity index (χ1v) is 5.89. The van der Waals surface area contributed by atoms with Gasteiger partial charge in [0.05, 0.1) is 31.9 Å². The Morgan fingerprint density at radius 1 is 1.63 bits per heavy atom. The van der Waals surface area contributed by atoms with Gasteiger partial charge in [-0.25, -0.2) is 0 Å². The Hall–Kier alpha value is -2.26. The summed E-state index contributed by atoms with van der Waals surface area (Å²) in [6.45, 7) is 1.09. The fourth-order valence-electron chi connectivity index (χ4n) is 1.94. The van der Waals surface area contributed by atoms with Crippen LogP contribution in [0.4, 0.5) is 5.69 Å². The quantitative estimate of drug-likeness (QED) is 0.789. The minimum atomic E-state index is -0.572. The van der Waals surface area contributed by atoms with E-state index < -0.39 is 6.10 Å². The van der Waals surface area contributed by atoms with Crippen LogP contribution in [0, 0.1) is 11.3 Å². The monoisotopic (exact) mass is 261 g/mol. The number of nitrogens with zero attached hydrogens (tertiary/aromatic N) is 2. The van der Waals surface area contributed by atoms with E-state index in [0.717, 1.165) is 0 Å². The Kier molecular flexibility index (Phi) is 3.88. The van der Waals surface area contributed by atoms with E-state index >= 15 is 0 Å². The summed E-state index contributed by atoms with van der Waals surface area (Å²) < 4.78 is 10.2. The number of nitriles is 1. The summed E-state index contributed by atoms with van der Waals surface area (Å²) in [5.74, 6) is 0.412. The fourth-order valence-corrected chi connectivity index (χ4v) is 1.94. The average molecular weight is 261 g/mol. The number of nitrogens with two attached hydrogens (primary N) is 1. The van der Waals surface area contributed by atoms with Crippen LogP contribution in [0.3, 0.4) is 0 Å². The van der Waals surface area contributed by atoms with Gasteiger partial charge in [0.1, 0.15) is 5.75 Å². The smallest absolute Gasteiger partial charge is 0.256 e. The Labute approximate surface area is 111 Å². The minimum Gasteiger partial charge on any atom is -0.497 e. The van der Waals surface area contributed by atoms with E-state index in [4.69, 9.17) is 20.5 Å². The highest BCUT2D eigenvalue weighted by atomic mass is 16.5. The fraction of sp³-hybridized carbons (Fsp3) is 0.385. The predicted octanol–water partition coefficient (Wildman–Crippen LogP) is 0.642. The van der Waals surface area contributed by atoms with E-state index in [2.05, 4.69) is 0 Å². The largest absolute Gasteiger partial charge is 0.497 e. The molecule has 100 valence electrons. The van der Waals surface area contributed by atoms with Crippen molar-refractivity contribution in [1.82, 2.24) is 4.90 Å². The predicted molar refractivity (Wildman–Crippen MR) is 68.7 cm³/mol. The van der Waals surface area contributed by atoms with Gasteiger partial charge >= 0.3 is 0 Å². The molecular weight excluding hydrogens is 246 g/mol. The number of carbonyl (C=O) groups excluding carboxylic acids is 1. The van der Waals surface area contributed by atoms with Crippen molar-refractivity contribution in [2.24, 2.45) is 0 Å². The number of methoxy groups -OCH3 is 1. The zero-order valence-electron chi connectivity index (χ0n) is 10.6. The lowest BCUT2D eigenvalue weighted by molar-refractivity contribution is 0.00351. The molecule has 1 unspecified atom stereocenters. The Morgan fingerprint density at radius 3 is 3.05 bits per heavy atom. The lowest BCUT2D eigenvalue weighted by atomic mass is 10.1. The van der Waals surface area contributed by atoms with E-state index in [9.17, 15) is 4.79 Å². The maximum Gasteiger partial charge on any atom is 0.256 e. The first-order chi connectivity index (χ1) is 9.15. The highest BCUT2D eigenvalue weighted by Crippen LogP contribution is 2.21. The van der Waals surface area contributed by atoms with Crippen LogP contribution in [0.15, 0.2) is 18.2 Å². The Morgan fingerprint density at radius 2 is 2.42 bits per heavy atom. The van der Waals surface area contributed by atoms with Crippen LogP contribution >= 0.6 is 0 Å². The molecule has 2 rings (SSSR count). The SMILES string of the molecule is COc1ccc(C(=O)N2CCOC(C#N)C2)c(N)c1. The number of ether oxygens (including phenoxy) is 2. The number of benzene rings is 1. The van der Waals surface area contributed by atoms with Crippen LogP contribution in [0.5, 0.6) is 5.75 Å². The van der Waals surface area contributed by atoms with E-state index in [1.165, 1.54) is 7.11 Å². The second kappa shape index (κ2) is 5.59. The highest BCUT2D eigenvalue weighted by Gasteiger charge is 2.25. The molecule has 0 bridgehead atoms. The first kappa shape index (κ1) is 13.2. The molecule has 1 aromatic carbocycles. The second-order valence-corrected chi connectivity index (χ2v) is 4.19. The summed E-state index contributed by atoms with van der Waals surface area (Å²) in [6, 6.07) is 6.93. The number of nitrogen functional groups attached to an aromatic ring is 1. The summed E-state index contributed by atoms with van der Waals surface area (Å²) in [4.78, 5) is 13.9. The number of hydrogen-bond acceptors (Lipinski definition) is 5. The van der Waals surface area contributed by atoms with Gasteiger partial charge in [0.2, 0.25) is 0 Å². The molecule has 19 heavy (non-hydrogen) atoms. The van der Waals surface area contributed by atoms with Gasteiger partial charge in [-0.15, -0.1) is 0 Å². The number of carbonyl (C=O) groups is 1. The molecule has 0 aromatic heterocycles. The second-order valence-electron chi connectivity index (χ2n) is 4.19. The third kappa shape index (κ3) is 2.77. The van der Waals surface area contributed by atoms with Crippen LogP contribution < -0.4 is 10.5 Å². The molecule has 2 N–H and O–H groups in total. The van der Waals surface area contributed by atoms with Gasteiger partial charge in [-0.05, 0) is 12.1 Å². The molecule has 1 amide bonds. The Balaban J connectivity index is 2.17. The van der Waals surface area contributed by atoms with Gasteiger partial charge < -0.3 is 20.1 Å². The molecule has 1 fully saturated rings. The molecular formula is C13H15N3O3. The maximum atomic E-state index is 12.3. The lowest BCUT2D eigenvalue weighted by Crippen LogP contribution is -2.45. The molecule has 0 spiro atoms. The maximum absolute atomic E-state index is 12.3. The van der Waals surface area contributed by atoms with Gasteiger partial charge in [-0.1, -0.05) is 0 Å². The summed E-state index contributed by atoms with van der Waals surface area (Å²) in [7, 11) is 1.54. The molecule has 1 heterocycles. The molecule has 1 saturated heterocycles. The third-order valence-corrected chi connectivity index (χ3v) is 2.99. The van der Waals surface area contributed by atoms with Crippen molar-refractivity contribution in [3.05, 3.63) is 23.8 Å². The number of anilines is 1. The minimum absolute atomic E-state index is 0.191. The topological polar surface area (TPSA) is 88.6 Å². The molecule has 1 atom stereocenters. The van der Waals surface area contributed by atoms with Crippen molar-refractivity contribution in [1.29, 1.82) is 5.26 Å². The van der Waals surface area contributed by atoms with Gasteiger partial charge in [0.25, 0.3) is 5.91 Å². The van der Waals surface area contributed by atoms with Crippen LogP contribution in [-0.2, 0) is 4.74 Å². The molecule has 0 radical (unpaired) electrons. The zero-order chi connectivity index (χ0) is 13.8. The van der Waals surface area contributed by atoms with Crippen molar-refractivity contribution in [3.8, 4) is 11.8 Å². The molecule has 6 nitrogen and oxygen atoms in total. The van der Waals surface area contributed by atoms with E-state index in [0.29, 0.717) is 30.2 Å². The van der Waals surface area contributed by atoms with Gasteiger partial charge in [-0.3, -0.25) is 4.79 Å². The molecule has 0 aliphatic carbocycles. The van der Waals surface area contributed by atoms with Crippen molar-refractivity contribution >= 4 is 11.6 Å². The van der Waals surface area contributed by atoms with E-state index in [1.807, 2.05) is 6.07 Å². The molecule has 6 heteroatoms. The van der Waals surface area contributed by atoms with Crippen molar-refractivity contribution in [2.75, 3.05) is 32.5 Å². The summed E-state index contributed by atoms with van der Waals surface area (Å²) in [5.41, 5.74) is 6.63. The summed E-state index contributed by atoms with van der Waals surface area (Å²) >= 11 is 0.